The molecule has 2 aromatic rings. The lowest BCUT2D eigenvalue weighted by Gasteiger charge is -2.11. The molecular formula is C17H16FN3O3S. The molecule has 0 aliphatic carbocycles. The highest BCUT2D eigenvalue weighted by atomic mass is 32.1. The third-order valence-electron chi connectivity index (χ3n) is 3.01. The lowest BCUT2D eigenvalue weighted by molar-refractivity contribution is -0.123. The largest absolute Gasteiger partial charge is 0.484 e. The number of aryl methyl sites for hydroxylation is 1. The quantitative estimate of drug-likeness (QED) is 0.572. The zero-order chi connectivity index (χ0) is 18.2. The summed E-state index contributed by atoms with van der Waals surface area (Å²) in [6, 6.07) is 12.2. The van der Waals surface area contributed by atoms with Crippen LogP contribution in [0.1, 0.15) is 15.9 Å². The fourth-order valence-electron chi connectivity index (χ4n) is 1.82. The van der Waals surface area contributed by atoms with E-state index in [1.54, 1.807) is 12.1 Å². The van der Waals surface area contributed by atoms with Gasteiger partial charge in [0, 0.05) is 5.56 Å². The molecule has 0 aliphatic heterocycles. The van der Waals surface area contributed by atoms with E-state index in [1.807, 2.05) is 19.1 Å². The highest BCUT2D eigenvalue weighted by Crippen LogP contribution is 2.11. The first-order chi connectivity index (χ1) is 11.9. The highest BCUT2D eigenvalue weighted by molar-refractivity contribution is 7.80. The van der Waals surface area contributed by atoms with Gasteiger partial charge in [-0.2, -0.15) is 0 Å². The molecule has 0 heterocycles. The monoisotopic (exact) mass is 361 g/mol. The Hall–Kier alpha value is -3.00. The second-order valence-corrected chi connectivity index (χ2v) is 5.48. The van der Waals surface area contributed by atoms with Crippen molar-refractivity contribution in [3.05, 3.63) is 65.5 Å². The zero-order valence-electron chi connectivity index (χ0n) is 13.3. The van der Waals surface area contributed by atoms with Gasteiger partial charge in [-0.25, -0.2) is 4.39 Å². The van der Waals surface area contributed by atoms with Crippen LogP contribution in [0.2, 0.25) is 0 Å². The molecule has 0 saturated carbocycles. The van der Waals surface area contributed by atoms with Crippen molar-refractivity contribution in [1.82, 2.24) is 16.2 Å². The Balaban J connectivity index is 1.72. The van der Waals surface area contributed by atoms with Gasteiger partial charge in [0.2, 0.25) is 0 Å². The predicted molar refractivity (Wildman–Crippen MR) is 94.4 cm³/mol. The van der Waals surface area contributed by atoms with Crippen molar-refractivity contribution < 1.29 is 18.7 Å². The van der Waals surface area contributed by atoms with Gasteiger partial charge in [0.15, 0.2) is 11.7 Å². The van der Waals surface area contributed by atoms with Gasteiger partial charge in [-0.05, 0) is 61.1 Å². The summed E-state index contributed by atoms with van der Waals surface area (Å²) in [5, 5.41) is 2.26. The maximum absolute atomic E-state index is 12.8. The number of nitrogens with one attached hydrogen (secondary N) is 3. The smallest absolute Gasteiger partial charge is 0.276 e. The summed E-state index contributed by atoms with van der Waals surface area (Å²) in [4.78, 5) is 23.5. The fraction of sp³-hybridized carbons (Fsp3) is 0.118. The minimum atomic E-state index is -0.525. The normalized spacial score (nSPS) is 9.84. The molecule has 0 fully saturated rings. The Morgan fingerprint density at radius 1 is 1.12 bits per heavy atom. The number of carbonyl (C=O) groups excluding carboxylic acids is 2. The summed E-state index contributed by atoms with van der Waals surface area (Å²) in [5.74, 6) is -0.872. The number of rotatable bonds is 4. The van der Waals surface area contributed by atoms with E-state index in [0.29, 0.717) is 5.75 Å². The number of benzene rings is 2. The van der Waals surface area contributed by atoms with Crippen LogP contribution in [0.4, 0.5) is 4.39 Å². The maximum atomic E-state index is 12.8. The molecule has 0 aromatic heterocycles. The minimum absolute atomic E-state index is 0.0989. The predicted octanol–water partition coefficient (Wildman–Crippen LogP) is 1.85. The van der Waals surface area contributed by atoms with Crippen molar-refractivity contribution in [3.63, 3.8) is 0 Å². The van der Waals surface area contributed by atoms with Crippen molar-refractivity contribution in [2.24, 2.45) is 0 Å². The molecule has 2 amide bonds. The van der Waals surface area contributed by atoms with E-state index in [4.69, 9.17) is 17.0 Å². The molecule has 0 bridgehead atoms. The van der Waals surface area contributed by atoms with E-state index in [-0.39, 0.29) is 17.3 Å². The SMILES string of the molecule is Cc1cccc(OCC(=O)NNC(=S)NC(=O)c2ccc(F)cc2)c1. The van der Waals surface area contributed by atoms with Crippen LogP contribution in [0, 0.1) is 12.7 Å². The van der Waals surface area contributed by atoms with Gasteiger partial charge in [-0.3, -0.25) is 25.8 Å². The Labute approximate surface area is 149 Å². The van der Waals surface area contributed by atoms with Crippen LogP contribution in [0.5, 0.6) is 5.75 Å². The average molecular weight is 361 g/mol. The number of carbonyl (C=O) groups is 2. The number of amides is 2. The number of hydrazine groups is 1. The summed E-state index contributed by atoms with van der Waals surface area (Å²) in [5.41, 5.74) is 5.94. The third kappa shape index (κ3) is 6.19. The van der Waals surface area contributed by atoms with Gasteiger partial charge < -0.3 is 4.74 Å². The van der Waals surface area contributed by atoms with Crippen molar-refractivity contribution in [2.45, 2.75) is 6.92 Å². The highest BCUT2D eigenvalue weighted by Gasteiger charge is 2.09. The van der Waals surface area contributed by atoms with Crippen LogP contribution in [-0.4, -0.2) is 23.5 Å². The van der Waals surface area contributed by atoms with Crippen molar-refractivity contribution in [3.8, 4) is 5.75 Å². The number of ether oxygens (including phenoxy) is 1. The van der Waals surface area contributed by atoms with Gasteiger partial charge in [-0.1, -0.05) is 12.1 Å². The summed E-state index contributed by atoms with van der Waals surface area (Å²) < 4.78 is 18.1. The van der Waals surface area contributed by atoms with E-state index in [2.05, 4.69) is 16.2 Å². The van der Waals surface area contributed by atoms with Crippen molar-refractivity contribution >= 4 is 29.1 Å². The molecule has 6 nitrogen and oxygen atoms in total. The molecule has 0 aliphatic rings. The van der Waals surface area contributed by atoms with Crippen molar-refractivity contribution in [2.75, 3.05) is 6.61 Å². The molecule has 0 unspecified atom stereocenters. The molecule has 25 heavy (non-hydrogen) atoms. The summed E-state index contributed by atoms with van der Waals surface area (Å²) in [6.07, 6.45) is 0. The molecule has 0 radical (unpaired) electrons. The molecule has 3 N–H and O–H groups in total. The molecular weight excluding hydrogens is 345 g/mol. The van der Waals surface area contributed by atoms with E-state index >= 15 is 0 Å². The Morgan fingerprint density at radius 2 is 1.84 bits per heavy atom. The van der Waals surface area contributed by atoms with Crippen LogP contribution in [0.25, 0.3) is 0 Å². The van der Waals surface area contributed by atoms with Crippen molar-refractivity contribution in [1.29, 1.82) is 0 Å². The average Bonchev–Trinajstić information content (AvgIpc) is 2.58. The first-order valence-corrected chi connectivity index (χ1v) is 7.70. The Kier molecular flexibility index (Phi) is 6.41. The van der Waals surface area contributed by atoms with Crippen LogP contribution in [0.3, 0.4) is 0 Å². The van der Waals surface area contributed by atoms with Gasteiger partial charge >= 0.3 is 0 Å². The van der Waals surface area contributed by atoms with E-state index in [0.717, 1.165) is 17.7 Å². The number of hydrogen-bond donors (Lipinski definition) is 3. The summed E-state index contributed by atoms with van der Waals surface area (Å²) in [6.45, 7) is 1.70. The van der Waals surface area contributed by atoms with Gasteiger partial charge in [-0.15, -0.1) is 0 Å². The molecule has 2 rings (SSSR count). The lowest BCUT2D eigenvalue weighted by atomic mass is 10.2. The van der Waals surface area contributed by atoms with E-state index in [9.17, 15) is 14.0 Å². The van der Waals surface area contributed by atoms with E-state index < -0.39 is 17.6 Å². The molecule has 0 atom stereocenters. The Morgan fingerprint density at radius 3 is 2.52 bits per heavy atom. The van der Waals surface area contributed by atoms with Crippen LogP contribution in [0.15, 0.2) is 48.5 Å². The number of halogens is 1. The van der Waals surface area contributed by atoms with Crippen LogP contribution in [-0.2, 0) is 4.79 Å². The number of thiocarbonyl (C=S) groups is 1. The topological polar surface area (TPSA) is 79.5 Å². The first-order valence-electron chi connectivity index (χ1n) is 7.29. The molecule has 130 valence electrons. The Bertz CT molecular complexity index is 781. The van der Waals surface area contributed by atoms with Gasteiger partial charge in [0.1, 0.15) is 11.6 Å². The standard InChI is InChI=1S/C17H16FN3O3S/c1-11-3-2-4-14(9-11)24-10-15(22)20-21-17(25)19-16(23)12-5-7-13(18)8-6-12/h2-9H,10H2,1H3,(H,20,22)(H2,19,21,23,25). The molecule has 0 saturated heterocycles. The van der Waals surface area contributed by atoms with Gasteiger partial charge in [0.25, 0.3) is 11.8 Å². The van der Waals surface area contributed by atoms with Crippen LogP contribution >= 0.6 is 12.2 Å². The lowest BCUT2D eigenvalue weighted by Crippen LogP contribution is -2.49. The summed E-state index contributed by atoms with van der Waals surface area (Å²) in [7, 11) is 0. The third-order valence-corrected chi connectivity index (χ3v) is 3.21. The zero-order valence-corrected chi connectivity index (χ0v) is 14.2. The summed E-state index contributed by atoms with van der Waals surface area (Å²) >= 11 is 4.90. The number of hydrogen-bond acceptors (Lipinski definition) is 4. The molecule has 8 heteroatoms. The second-order valence-electron chi connectivity index (χ2n) is 5.07. The minimum Gasteiger partial charge on any atom is -0.484 e. The van der Waals surface area contributed by atoms with E-state index in [1.165, 1.54) is 12.1 Å². The first kappa shape index (κ1) is 18.3. The van der Waals surface area contributed by atoms with Crippen LogP contribution < -0.4 is 20.9 Å². The fourth-order valence-corrected chi connectivity index (χ4v) is 1.97. The van der Waals surface area contributed by atoms with Gasteiger partial charge in [0.05, 0.1) is 0 Å². The molecule has 2 aromatic carbocycles. The second kappa shape index (κ2) is 8.74. The molecule has 0 spiro atoms. The maximum Gasteiger partial charge on any atom is 0.276 e.